The highest BCUT2D eigenvalue weighted by Crippen LogP contribution is 2.49. The normalized spacial score (nSPS) is 17.4. The number of ketones is 1. The Hall–Kier alpha value is -2.71. The summed E-state index contributed by atoms with van der Waals surface area (Å²) in [6.07, 6.45) is 1.05. The van der Waals surface area contributed by atoms with Crippen LogP contribution in [-0.2, 0) is 25.5 Å². The van der Waals surface area contributed by atoms with Crippen LogP contribution in [0.3, 0.4) is 0 Å². The van der Waals surface area contributed by atoms with Crippen molar-refractivity contribution in [2.45, 2.75) is 40.0 Å². The molecule has 0 saturated carbocycles. The van der Waals surface area contributed by atoms with Gasteiger partial charge in [0.05, 0.1) is 29.7 Å². The quantitative estimate of drug-likeness (QED) is 0.501. The second-order valence-electron chi connectivity index (χ2n) is 9.24. The van der Waals surface area contributed by atoms with Gasteiger partial charge in [-0.1, -0.05) is 26.0 Å². The summed E-state index contributed by atoms with van der Waals surface area (Å²) in [5.41, 5.74) is 3.62. The zero-order valence-electron chi connectivity index (χ0n) is 19.4. The van der Waals surface area contributed by atoms with E-state index in [0.29, 0.717) is 25.3 Å². The Morgan fingerprint density at radius 2 is 1.97 bits per heavy atom. The lowest BCUT2D eigenvalue weighted by molar-refractivity contribution is -0.145. The Labute approximate surface area is 198 Å². The van der Waals surface area contributed by atoms with Gasteiger partial charge >= 0.3 is 5.97 Å². The number of carbonyl (C=O) groups excluding carboxylic acids is 3. The highest BCUT2D eigenvalue weighted by molar-refractivity contribution is 7.19. The van der Waals surface area contributed by atoms with Crippen LogP contribution >= 0.6 is 11.3 Å². The number of fused-ring (bicyclic) bond motifs is 1. The average Bonchev–Trinajstić information content (AvgIpc) is 3.13. The monoisotopic (exact) mass is 470 g/mol. The van der Waals surface area contributed by atoms with Crippen molar-refractivity contribution in [2.75, 3.05) is 43.1 Å². The number of Topliss-reactive ketones (excluding diaryl/α,β-unsaturated/α-hetero) is 1. The van der Waals surface area contributed by atoms with Gasteiger partial charge in [-0.25, -0.2) is 0 Å². The van der Waals surface area contributed by atoms with E-state index < -0.39 is 11.9 Å². The number of hydrogen-bond acceptors (Lipinski definition) is 7. The molecule has 0 spiro atoms. The minimum absolute atomic E-state index is 0.104. The zero-order chi connectivity index (χ0) is 23.6. The number of carbonyl (C=O) groups is 3. The van der Waals surface area contributed by atoms with Crippen LogP contribution in [0.2, 0.25) is 0 Å². The minimum atomic E-state index is -0.548. The molecular formula is C25H30N2O5S. The first-order valence-electron chi connectivity index (χ1n) is 11.3. The van der Waals surface area contributed by atoms with Crippen molar-refractivity contribution < 1.29 is 23.9 Å². The van der Waals surface area contributed by atoms with E-state index in [2.05, 4.69) is 24.1 Å². The fourth-order valence-corrected chi connectivity index (χ4v) is 5.82. The number of esters is 1. The van der Waals surface area contributed by atoms with Crippen molar-refractivity contribution in [3.05, 3.63) is 34.7 Å². The van der Waals surface area contributed by atoms with E-state index in [1.807, 2.05) is 18.2 Å². The third-order valence-corrected chi connectivity index (χ3v) is 7.21. The summed E-state index contributed by atoms with van der Waals surface area (Å²) in [4.78, 5) is 40.1. The van der Waals surface area contributed by atoms with Gasteiger partial charge in [0.25, 0.3) is 0 Å². The van der Waals surface area contributed by atoms with Gasteiger partial charge in [0.15, 0.2) is 5.78 Å². The van der Waals surface area contributed by atoms with E-state index in [4.69, 9.17) is 9.47 Å². The van der Waals surface area contributed by atoms with E-state index in [1.54, 1.807) is 24.3 Å². The summed E-state index contributed by atoms with van der Waals surface area (Å²) < 4.78 is 10.4. The van der Waals surface area contributed by atoms with Gasteiger partial charge in [-0.05, 0) is 42.0 Å². The van der Waals surface area contributed by atoms with Crippen LogP contribution in [0.25, 0.3) is 11.1 Å². The molecule has 176 valence electrons. The van der Waals surface area contributed by atoms with Crippen molar-refractivity contribution in [1.29, 1.82) is 0 Å². The highest BCUT2D eigenvalue weighted by Gasteiger charge is 2.37. The number of nitrogens with one attached hydrogen (secondary N) is 1. The number of morpholine rings is 1. The topological polar surface area (TPSA) is 84.9 Å². The number of ether oxygens (including phenoxy) is 2. The second-order valence-corrected chi connectivity index (χ2v) is 10.2. The number of thiophene rings is 1. The van der Waals surface area contributed by atoms with Crippen molar-refractivity contribution in [3.63, 3.8) is 0 Å². The van der Waals surface area contributed by atoms with Gasteiger partial charge in [0.1, 0.15) is 6.42 Å². The second kappa shape index (κ2) is 9.65. The SMILES string of the molecule is CCOC(=O)CC(=O)Nc1cccc(-c2c(N3CCOCC3)sc3c2CC(C)(C)CC3=O)c1. The molecule has 0 unspecified atom stereocenters. The Bertz CT molecular complexity index is 1070. The van der Waals surface area contributed by atoms with Gasteiger partial charge in [0.2, 0.25) is 5.91 Å². The smallest absolute Gasteiger partial charge is 0.315 e. The number of benzene rings is 1. The van der Waals surface area contributed by atoms with Crippen molar-refractivity contribution in [1.82, 2.24) is 0 Å². The van der Waals surface area contributed by atoms with Crippen LogP contribution in [0.5, 0.6) is 0 Å². The molecule has 2 aromatic rings. The van der Waals surface area contributed by atoms with Crippen molar-refractivity contribution >= 4 is 39.7 Å². The predicted octanol–water partition coefficient (Wildman–Crippen LogP) is 4.30. The van der Waals surface area contributed by atoms with Crippen LogP contribution in [-0.4, -0.2) is 50.6 Å². The summed E-state index contributed by atoms with van der Waals surface area (Å²) in [7, 11) is 0. The molecule has 33 heavy (non-hydrogen) atoms. The standard InChI is InChI=1S/C25H30N2O5S/c1-4-32-21(30)13-20(29)26-17-7-5-6-16(12-17)22-18-14-25(2,3)15-19(28)23(18)33-24(22)27-8-10-31-11-9-27/h5-7,12H,4,8-11,13-15H2,1-3H3,(H,26,29). The van der Waals surface area contributed by atoms with E-state index in [0.717, 1.165) is 46.1 Å². The van der Waals surface area contributed by atoms with Gasteiger partial charge in [-0.15, -0.1) is 11.3 Å². The van der Waals surface area contributed by atoms with Gasteiger partial charge in [-0.3, -0.25) is 14.4 Å². The van der Waals surface area contributed by atoms with Crippen molar-refractivity contribution in [2.24, 2.45) is 5.41 Å². The molecule has 1 aliphatic carbocycles. The lowest BCUT2D eigenvalue weighted by Gasteiger charge is -2.30. The zero-order valence-corrected chi connectivity index (χ0v) is 20.2. The fraction of sp³-hybridized carbons (Fsp3) is 0.480. The molecule has 0 atom stereocenters. The first-order chi connectivity index (χ1) is 15.8. The molecule has 1 N–H and O–H groups in total. The van der Waals surface area contributed by atoms with Crippen LogP contribution in [0.4, 0.5) is 10.7 Å². The molecule has 1 saturated heterocycles. The van der Waals surface area contributed by atoms with Gasteiger partial charge in [-0.2, -0.15) is 0 Å². The predicted molar refractivity (Wildman–Crippen MR) is 129 cm³/mol. The maximum absolute atomic E-state index is 13.0. The summed E-state index contributed by atoms with van der Waals surface area (Å²) in [5.74, 6) is -0.762. The summed E-state index contributed by atoms with van der Waals surface area (Å²) >= 11 is 1.58. The Morgan fingerprint density at radius 3 is 2.70 bits per heavy atom. The lowest BCUT2D eigenvalue weighted by Crippen LogP contribution is -2.36. The molecule has 8 heteroatoms. The van der Waals surface area contributed by atoms with E-state index >= 15 is 0 Å². The number of amides is 1. The van der Waals surface area contributed by atoms with Crippen molar-refractivity contribution in [3.8, 4) is 11.1 Å². The number of anilines is 2. The summed E-state index contributed by atoms with van der Waals surface area (Å²) in [5, 5.41) is 3.89. The molecule has 1 fully saturated rings. The molecule has 2 heterocycles. The first-order valence-corrected chi connectivity index (χ1v) is 12.2. The van der Waals surface area contributed by atoms with E-state index in [9.17, 15) is 14.4 Å². The molecule has 1 aromatic heterocycles. The fourth-order valence-electron chi connectivity index (χ4n) is 4.49. The molecule has 1 aromatic carbocycles. The molecule has 1 amide bonds. The number of nitrogens with zero attached hydrogens (tertiary/aromatic N) is 1. The molecule has 2 aliphatic rings. The minimum Gasteiger partial charge on any atom is -0.466 e. The highest BCUT2D eigenvalue weighted by atomic mass is 32.1. The number of rotatable bonds is 6. The van der Waals surface area contributed by atoms with Crippen LogP contribution in [0.15, 0.2) is 24.3 Å². The Kier molecular flexibility index (Phi) is 6.86. The summed E-state index contributed by atoms with van der Waals surface area (Å²) in [6, 6.07) is 7.62. The third-order valence-electron chi connectivity index (χ3n) is 5.88. The van der Waals surface area contributed by atoms with Crippen LogP contribution in [0.1, 0.15) is 48.8 Å². The molecular weight excluding hydrogens is 440 g/mol. The van der Waals surface area contributed by atoms with Crippen LogP contribution in [0, 0.1) is 5.41 Å². The maximum atomic E-state index is 13.0. The average molecular weight is 471 g/mol. The van der Waals surface area contributed by atoms with Gasteiger partial charge < -0.3 is 19.7 Å². The first kappa shape index (κ1) is 23.4. The largest absolute Gasteiger partial charge is 0.466 e. The number of hydrogen-bond donors (Lipinski definition) is 1. The molecule has 1 aliphatic heterocycles. The Balaban J connectivity index is 1.70. The van der Waals surface area contributed by atoms with E-state index in [-0.39, 0.29) is 24.2 Å². The van der Waals surface area contributed by atoms with E-state index in [1.165, 1.54) is 0 Å². The molecule has 7 nitrogen and oxygen atoms in total. The summed E-state index contributed by atoms with van der Waals surface area (Å²) in [6.45, 7) is 9.09. The maximum Gasteiger partial charge on any atom is 0.315 e. The van der Waals surface area contributed by atoms with Crippen LogP contribution < -0.4 is 10.2 Å². The molecule has 0 radical (unpaired) electrons. The molecule has 4 rings (SSSR count). The lowest BCUT2D eigenvalue weighted by atomic mass is 9.75. The third kappa shape index (κ3) is 5.28. The van der Waals surface area contributed by atoms with Gasteiger partial charge in [0, 0.05) is 30.8 Å². The molecule has 0 bridgehead atoms. The Morgan fingerprint density at radius 1 is 1.21 bits per heavy atom.